The summed E-state index contributed by atoms with van der Waals surface area (Å²) >= 11 is 0. The second kappa shape index (κ2) is 13.6. The second-order valence-corrected chi connectivity index (χ2v) is 10.2. The Morgan fingerprint density at radius 2 is 1.86 bits per heavy atom. The highest BCUT2D eigenvalue weighted by molar-refractivity contribution is 5.92. The van der Waals surface area contributed by atoms with Crippen molar-refractivity contribution in [2.45, 2.75) is 38.6 Å². The summed E-state index contributed by atoms with van der Waals surface area (Å²) in [6.45, 7) is 5.28. The minimum atomic E-state index is -0.00493. The molecule has 0 spiro atoms. The summed E-state index contributed by atoms with van der Waals surface area (Å²) in [5.74, 6) is 2.12. The lowest BCUT2D eigenvalue weighted by Gasteiger charge is -2.34. The molecule has 2 aliphatic rings. The number of nitrogens with one attached hydrogen (secondary N) is 3. The van der Waals surface area contributed by atoms with E-state index in [4.69, 9.17) is 4.74 Å². The molecule has 37 heavy (non-hydrogen) atoms. The van der Waals surface area contributed by atoms with E-state index in [-0.39, 0.29) is 5.91 Å². The Morgan fingerprint density at radius 3 is 2.59 bits per heavy atom. The summed E-state index contributed by atoms with van der Waals surface area (Å²) in [6, 6.07) is 20.2. The number of hydrogen-bond donors (Lipinski definition) is 3. The van der Waals surface area contributed by atoms with Crippen molar-refractivity contribution in [3.63, 3.8) is 0 Å². The van der Waals surface area contributed by atoms with Crippen LogP contribution in [-0.2, 0) is 4.79 Å². The zero-order valence-corrected chi connectivity index (χ0v) is 22.5. The van der Waals surface area contributed by atoms with Crippen LogP contribution in [0.15, 0.2) is 66.7 Å². The maximum atomic E-state index is 11.6. The lowest BCUT2D eigenvalue weighted by Crippen LogP contribution is -2.35. The molecule has 1 aliphatic carbocycles. The summed E-state index contributed by atoms with van der Waals surface area (Å²) in [5.41, 5.74) is 12.5. The standard InChI is InChI=1S/C31H42N4O2/c1-4-28(23-9-6-5-7-10-23)31(25-14-17-29-26(21-25)22-33-34-29)24-12-15-27(16-13-24)37-20-19-32-18-8-11-30(36)35(2)3/h5-13,15-16,25-26,29,32-34H,4,14,17-22H2,1-3H3/b11-8+,31-28+. The van der Waals surface area contributed by atoms with E-state index in [1.807, 2.05) is 6.08 Å². The first-order valence-electron chi connectivity index (χ1n) is 13.7. The molecule has 1 heterocycles. The number of nitrogens with zero attached hydrogens (tertiary/aromatic N) is 1. The maximum Gasteiger partial charge on any atom is 0.245 e. The van der Waals surface area contributed by atoms with E-state index in [0.717, 1.165) is 18.7 Å². The number of amides is 1. The minimum Gasteiger partial charge on any atom is -0.492 e. The van der Waals surface area contributed by atoms with Gasteiger partial charge in [0.25, 0.3) is 0 Å². The molecule has 2 fully saturated rings. The molecular weight excluding hydrogens is 460 g/mol. The Hall–Kier alpha value is -2.93. The third-order valence-corrected chi connectivity index (χ3v) is 7.52. The molecule has 0 bridgehead atoms. The van der Waals surface area contributed by atoms with Gasteiger partial charge in [-0.1, -0.05) is 55.5 Å². The van der Waals surface area contributed by atoms with E-state index < -0.39 is 0 Å². The highest BCUT2D eigenvalue weighted by Gasteiger charge is 2.36. The monoisotopic (exact) mass is 502 g/mol. The van der Waals surface area contributed by atoms with Crippen LogP contribution in [-0.4, -0.2) is 57.2 Å². The fourth-order valence-corrected chi connectivity index (χ4v) is 5.57. The summed E-state index contributed by atoms with van der Waals surface area (Å²) in [6.07, 6.45) is 8.08. The molecule has 6 heteroatoms. The van der Waals surface area contributed by atoms with Crippen LogP contribution < -0.4 is 20.9 Å². The predicted octanol–water partition coefficient (Wildman–Crippen LogP) is 4.51. The molecule has 1 amide bonds. The molecule has 198 valence electrons. The van der Waals surface area contributed by atoms with Crippen molar-refractivity contribution in [1.29, 1.82) is 0 Å². The van der Waals surface area contributed by atoms with Gasteiger partial charge in [-0.25, -0.2) is 0 Å². The van der Waals surface area contributed by atoms with E-state index in [2.05, 4.69) is 77.7 Å². The van der Waals surface area contributed by atoms with Gasteiger partial charge in [0.15, 0.2) is 0 Å². The van der Waals surface area contributed by atoms with Crippen molar-refractivity contribution < 1.29 is 9.53 Å². The number of allylic oxidation sites excluding steroid dienone is 2. The quantitative estimate of drug-likeness (QED) is 0.240. The van der Waals surface area contributed by atoms with Crippen molar-refractivity contribution >= 4 is 17.1 Å². The lowest BCUT2D eigenvalue weighted by molar-refractivity contribution is -0.123. The van der Waals surface area contributed by atoms with Gasteiger partial charge in [-0.2, -0.15) is 0 Å². The third kappa shape index (κ3) is 7.31. The molecule has 2 aromatic carbocycles. The van der Waals surface area contributed by atoms with Crippen LogP contribution in [0, 0.1) is 11.8 Å². The van der Waals surface area contributed by atoms with Gasteiger partial charge in [-0.15, -0.1) is 0 Å². The Kier molecular flexibility index (Phi) is 9.94. The molecule has 1 saturated carbocycles. The molecule has 3 N–H and O–H groups in total. The van der Waals surface area contributed by atoms with Crippen LogP contribution in [0.4, 0.5) is 0 Å². The van der Waals surface area contributed by atoms with Crippen molar-refractivity contribution in [2.75, 3.05) is 40.3 Å². The molecule has 3 atom stereocenters. The van der Waals surface area contributed by atoms with Crippen molar-refractivity contribution in [1.82, 2.24) is 21.1 Å². The maximum absolute atomic E-state index is 11.6. The van der Waals surface area contributed by atoms with Crippen LogP contribution in [0.25, 0.3) is 11.1 Å². The SMILES string of the molecule is CC/C(=C(/c1ccc(OCCNC/C=C/C(=O)N(C)C)cc1)C1CCC2NNCC2C1)c1ccccc1. The van der Waals surface area contributed by atoms with E-state index in [9.17, 15) is 4.79 Å². The van der Waals surface area contributed by atoms with Gasteiger partial charge < -0.3 is 15.0 Å². The molecule has 0 radical (unpaired) electrons. The number of carbonyl (C=O) groups excluding carboxylic acids is 1. The number of benzene rings is 2. The van der Waals surface area contributed by atoms with Crippen molar-refractivity contribution in [3.8, 4) is 5.75 Å². The molecule has 0 aromatic heterocycles. The minimum absolute atomic E-state index is 0.00493. The molecule has 1 saturated heterocycles. The van der Waals surface area contributed by atoms with Crippen LogP contribution in [0.1, 0.15) is 43.7 Å². The Bertz CT molecular complexity index is 1060. The second-order valence-electron chi connectivity index (χ2n) is 10.2. The largest absolute Gasteiger partial charge is 0.492 e. The van der Waals surface area contributed by atoms with Crippen LogP contribution >= 0.6 is 0 Å². The number of carbonyl (C=O) groups is 1. The summed E-state index contributed by atoms with van der Waals surface area (Å²) in [7, 11) is 3.50. The van der Waals surface area contributed by atoms with E-state index in [1.165, 1.54) is 41.5 Å². The van der Waals surface area contributed by atoms with Crippen LogP contribution in [0.2, 0.25) is 0 Å². The number of rotatable bonds is 11. The first-order valence-corrected chi connectivity index (χ1v) is 13.7. The molecule has 2 aromatic rings. The van der Waals surface area contributed by atoms with E-state index >= 15 is 0 Å². The number of fused-ring (bicyclic) bond motifs is 1. The van der Waals surface area contributed by atoms with Gasteiger partial charge in [-0.3, -0.25) is 15.6 Å². The number of hydrogen-bond acceptors (Lipinski definition) is 5. The first-order chi connectivity index (χ1) is 18.1. The van der Waals surface area contributed by atoms with Gasteiger partial charge in [0.2, 0.25) is 5.91 Å². The summed E-state index contributed by atoms with van der Waals surface area (Å²) in [4.78, 5) is 13.1. The molecule has 3 unspecified atom stereocenters. The topological polar surface area (TPSA) is 65.6 Å². The molecular formula is C31H42N4O2. The Morgan fingerprint density at radius 1 is 1.08 bits per heavy atom. The highest BCUT2D eigenvalue weighted by atomic mass is 16.5. The van der Waals surface area contributed by atoms with Gasteiger partial charge >= 0.3 is 0 Å². The fraction of sp³-hybridized carbons (Fsp3) is 0.452. The van der Waals surface area contributed by atoms with E-state index in [1.54, 1.807) is 25.1 Å². The lowest BCUT2D eigenvalue weighted by atomic mass is 9.72. The predicted molar refractivity (Wildman–Crippen MR) is 152 cm³/mol. The van der Waals surface area contributed by atoms with E-state index in [0.29, 0.717) is 37.6 Å². The molecule has 6 nitrogen and oxygen atoms in total. The van der Waals surface area contributed by atoms with Gasteiger partial charge in [0.05, 0.1) is 0 Å². The molecule has 1 aliphatic heterocycles. The van der Waals surface area contributed by atoms with Crippen molar-refractivity contribution in [2.24, 2.45) is 11.8 Å². The fourth-order valence-electron chi connectivity index (χ4n) is 5.57. The zero-order chi connectivity index (χ0) is 26.0. The zero-order valence-electron chi connectivity index (χ0n) is 22.5. The molecule has 4 rings (SSSR count). The third-order valence-electron chi connectivity index (χ3n) is 7.52. The van der Waals surface area contributed by atoms with Gasteiger partial charge in [-0.05, 0) is 71.9 Å². The summed E-state index contributed by atoms with van der Waals surface area (Å²) in [5, 5.41) is 3.28. The number of ether oxygens (including phenoxy) is 1. The summed E-state index contributed by atoms with van der Waals surface area (Å²) < 4.78 is 5.99. The Balaban J connectivity index is 1.43. The van der Waals surface area contributed by atoms with Crippen molar-refractivity contribution in [3.05, 3.63) is 77.9 Å². The normalized spacial score (nSPS) is 22.0. The smallest absolute Gasteiger partial charge is 0.245 e. The van der Waals surface area contributed by atoms with Crippen LogP contribution in [0.5, 0.6) is 5.75 Å². The average molecular weight is 503 g/mol. The van der Waals surface area contributed by atoms with Gasteiger partial charge in [0.1, 0.15) is 12.4 Å². The highest BCUT2D eigenvalue weighted by Crippen LogP contribution is 2.43. The average Bonchev–Trinajstić information content (AvgIpc) is 3.40. The number of likely N-dealkylation sites (N-methyl/N-ethyl adjacent to an activating group) is 1. The van der Waals surface area contributed by atoms with Gasteiger partial charge in [0, 0.05) is 45.8 Å². The Labute approximate surface area is 222 Å². The van der Waals surface area contributed by atoms with Crippen LogP contribution in [0.3, 0.4) is 0 Å². The number of hydrazine groups is 1. The first kappa shape index (κ1) is 27.1.